The molecule has 6 heteroatoms. The molecule has 0 aliphatic carbocycles. The predicted molar refractivity (Wildman–Crippen MR) is 92.6 cm³/mol. The second-order valence-corrected chi connectivity index (χ2v) is 7.94. The highest BCUT2D eigenvalue weighted by molar-refractivity contribution is 7.90. The first kappa shape index (κ1) is 15.7. The molecule has 0 unspecified atom stereocenters. The van der Waals surface area contributed by atoms with Crippen LogP contribution < -0.4 is 4.74 Å². The highest BCUT2D eigenvalue weighted by atomic mass is 32.2. The van der Waals surface area contributed by atoms with Gasteiger partial charge in [-0.2, -0.15) is 0 Å². The molecule has 2 aromatic carbocycles. The summed E-state index contributed by atoms with van der Waals surface area (Å²) in [5.41, 5.74) is 2.75. The van der Waals surface area contributed by atoms with E-state index >= 15 is 0 Å². The molecule has 3 rings (SSSR count). The Morgan fingerprint density at radius 2 is 1.57 bits per heavy atom. The fraction of sp³-hybridized carbons (Fsp3) is 0.118. The van der Waals surface area contributed by atoms with Crippen LogP contribution in [0.1, 0.15) is 0 Å². The monoisotopic (exact) mass is 345 g/mol. The Bertz CT molecular complexity index is 911. The van der Waals surface area contributed by atoms with E-state index in [1.165, 1.54) is 6.26 Å². The number of hydrogen-bond acceptors (Lipinski definition) is 5. The van der Waals surface area contributed by atoms with E-state index in [9.17, 15) is 8.42 Å². The Morgan fingerprint density at radius 3 is 2.13 bits per heavy atom. The summed E-state index contributed by atoms with van der Waals surface area (Å²) in [5, 5.41) is 2.88. The molecule has 1 heterocycles. The van der Waals surface area contributed by atoms with Crippen LogP contribution in [0.5, 0.6) is 5.75 Å². The number of benzene rings is 2. The van der Waals surface area contributed by atoms with Crippen molar-refractivity contribution in [2.24, 2.45) is 0 Å². The molecule has 0 N–H and O–H groups in total. The zero-order chi connectivity index (χ0) is 16.4. The maximum absolute atomic E-state index is 11.5. The van der Waals surface area contributed by atoms with Gasteiger partial charge in [0.15, 0.2) is 9.84 Å². The quantitative estimate of drug-likeness (QED) is 0.720. The molecule has 1 aromatic heterocycles. The van der Waals surface area contributed by atoms with Crippen LogP contribution in [0.3, 0.4) is 0 Å². The summed E-state index contributed by atoms with van der Waals surface area (Å²) in [5.74, 6) is 0.807. The van der Waals surface area contributed by atoms with Crippen LogP contribution in [-0.2, 0) is 9.84 Å². The molecule has 4 nitrogen and oxygen atoms in total. The molecular formula is C17H15NO3S2. The number of thiazole rings is 1. The molecule has 0 amide bonds. The van der Waals surface area contributed by atoms with Gasteiger partial charge in [0.25, 0.3) is 0 Å². The maximum Gasteiger partial charge on any atom is 0.175 e. The van der Waals surface area contributed by atoms with Crippen LogP contribution >= 0.6 is 11.3 Å². The molecule has 118 valence electrons. The van der Waals surface area contributed by atoms with Crippen LogP contribution in [0.15, 0.2) is 58.8 Å². The third-order valence-electron chi connectivity index (χ3n) is 3.42. The molecule has 0 saturated carbocycles. The SMILES string of the molecule is COc1ccc(-c2nc(-c3ccc(S(C)(=O)=O)cc3)cs2)cc1. The van der Waals surface area contributed by atoms with Crippen molar-refractivity contribution in [1.29, 1.82) is 0 Å². The zero-order valence-electron chi connectivity index (χ0n) is 12.7. The molecular weight excluding hydrogens is 330 g/mol. The molecule has 0 aliphatic rings. The average molecular weight is 345 g/mol. The predicted octanol–water partition coefficient (Wildman–Crippen LogP) is 3.89. The Hall–Kier alpha value is -2.18. The molecule has 23 heavy (non-hydrogen) atoms. The minimum atomic E-state index is -3.18. The highest BCUT2D eigenvalue weighted by Crippen LogP contribution is 2.30. The largest absolute Gasteiger partial charge is 0.497 e. The minimum Gasteiger partial charge on any atom is -0.497 e. The second kappa shape index (κ2) is 6.14. The van der Waals surface area contributed by atoms with Crippen molar-refractivity contribution in [3.8, 4) is 27.6 Å². The topological polar surface area (TPSA) is 56.3 Å². The van der Waals surface area contributed by atoms with Crippen molar-refractivity contribution in [1.82, 2.24) is 4.98 Å². The summed E-state index contributed by atoms with van der Waals surface area (Å²) in [7, 11) is -1.54. The van der Waals surface area contributed by atoms with Gasteiger partial charge in [0.2, 0.25) is 0 Å². The van der Waals surface area contributed by atoms with E-state index in [1.54, 1.807) is 42.7 Å². The van der Waals surface area contributed by atoms with E-state index < -0.39 is 9.84 Å². The lowest BCUT2D eigenvalue weighted by Crippen LogP contribution is -1.96. The van der Waals surface area contributed by atoms with Gasteiger partial charge in [-0.15, -0.1) is 11.3 Å². The number of nitrogens with zero attached hydrogens (tertiary/aromatic N) is 1. The first-order valence-electron chi connectivity index (χ1n) is 6.88. The fourth-order valence-electron chi connectivity index (χ4n) is 2.15. The first-order valence-corrected chi connectivity index (χ1v) is 9.65. The summed E-state index contributed by atoms with van der Waals surface area (Å²) in [4.78, 5) is 4.94. The van der Waals surface area contributed by atoms with E-state index in [-0.39, 0.29) is 0 Å². The summed E-state index contributed by atoms with van der Waals surface area (Å²) in [6.45, 7) is 0. The van der Waals surface area contributed by atoms with Crippen LogP contribution in [0.4, 0.5) is 0 Å². The number of ether oxygens (including phenoxy) is 1. The van der Waals surface area contributed by atoms with Crippen molar-refractivity contribution in [3.63, 3.8) is 0 Å². The average Bonchev–Trinajstić information content (AvgIpc) is 3.04. The van der Waals surface area contributed by atoms with Crippen LogP contribution in [-0.4, -0.2) is 26.8 Å². The fourth-order valence-corrected chi connectivity index (χ4v) is 3.61. The van der Waals surface area contributed by atoms with Crippen molar-refractivity contribution in [3.05, 3.63) is 53.9 Å². The van der Waals surface area contributed by atoms with E-state index in [1.807, 2.05) is 29.6 Å². The molecule has 0 saturated heterocycles. The molecule has 0 radical (unpaired) electrons. The van der Waals surface area contributed by atoms with Crippen LogP contribution in [0.2, 0.25) is 0 Å². The Kier molecular flexibility index (Phi) is 4.19. The van der Waals surface area contributed by atoms with Gasteiger partial charge in [0.05, 0.1) is 17.7 Å². The molecule has 0 bridgehead atoms. The number of rotatable bonds is 4. The standard InChI is InChI=1S/C17H15NO3S2/c1-21-14-7-3-13(4-8-14)17-18-16(11-22-17)12-5-9-15(10-6-12)23(2,19)20/h3-11H,1-2H3. The van der Waals surface area contributed by atoms with E-state index in [0.29, 0.717) is 4.90 Å². The lowest BCUT2D eigenvalue weighted by molar-refractivity contribution is 0.415. The van der Waals surface area contributed by atoms with Gasteiger partial charge in [0.1, 0.15) is 10.8 Å². The van der Waals surface area contributed by atoms with Crippen LogP contribution in [0.25, 0.3) is 21.8 Å². The number of sulfone groups is 1. The molecule has 0 fully saturated rings. The lowest BCUT2D eigenvalue weighted by Gasteiger charge is -2.01. The van der Waals surface area contributed by atoms with Crippen molar-refractivity contribution in [2.75, 3.05) is 13.4 Å². The highest BCUT2D eigenvalue weighted by Gasteiger charge is 2.10. The number of hydrogen-bond donors (Lipinski definition) is 0. The molecule has 0 atom stereocenters. The van der Waals surface area contributed by atoms with Gasteiger partial charge < -0.3 is 4.74 Å². The van der Waals surface area contributed by atoms with Gasteiger partial charge >= 0.3 is 0 Å². The van der Waals surface area contributed by atoms with Gasteiger partial charge in [-0.25, -0.2) is 13.4 Å². The van der Waals surface area contributed by atoms with Crippen molar-refractivity contribution in [2.45, 2.75) is 4.90 Å². The lowest BCUT2D eigenvalue weighted by atomic mass is 10.2. The van der Waals surface area contributed by atoms with E-state index in [4.69, 9.17) is 4.74 Å². The van der Waals surface area contributed by atoms with E-state index in [2.05, 4.69) is 4.98 Å². The summed E-state index contributed by atoms with van der Waals surface area (Å²) < 4.78 is 28.1. The van der Waals surface area contributed by atoms with E-state index in [0.717, 1.165) is 27.6 Å². The molecule has 0 spiro atoms. The van der Waals surface area contributed by atoms with Gasteiger partial charge in [0, 0.05) is 22.8 Å². The summed E-state index contributed by atoms with van der Waals surface area (Å²) in [6.07, 6.45) is 1.20. The third kappa shape index (κ3) is 3.43. The first-order chi connectivity index (χ1) is 11.0. The normalized spacial score (nSPS) is 11.4. The Morgan fingerprint density at radius 1 is 0.957 bits per heavy atom. The Balaban J connectivity index is 1.89. The third-order valence-corrected chi connectivity index (χ3v) is 5.44. The Labute approximate surface area is 139 Å². The number of methoxy groups -OCH3 is 1. The summed E-state index contributed by atoms with van der Waals surface area (Å²) >= 11 is 1.55. The van der Waals surface area contributed by atoms with Gasteiger partial charge in [-0.3, -0.25) is 0 Å². The van der Waals surface area contributed by atoms with Crippen LogP contribution in [0, 0.1) is 0 Å². The molecule has 3 aromatic rings. The van der Waals surface area contributed by atoms with Gasteiger partial charge in [-0.1, -0.05) is 12.1 Å². The maximum atomic E-state index is 11.5. The van der Waals surface area contributed by atoms with Crippen molar-refractivity contribution >= 4 is 21.2 Å². The summed E-state index contributed by atoms with van der Waals surface area (Å²) in [6, 6.07) is 14.5. The second-order valence-electron chi connectivity index (χ2n) is 5.06. The van der Waals surface area contributed by atoms with Gasteiger partial charge in [-0.05, 0) is 36.4 Å². The number of aromatic nitrogens is 1. The zero-order valence-corrected chi connectivity index (χ0v) is 14.3. The van der Waals surface area contributed by atoms with Crippen molar-refractivity contribution < 1.29 is 13.2 Å². The minimum absolute atomic E-state index is 0.312. The smallest absolute Gasteiger partial charge is 0.175 e. The molecule has 0 aliphatic heterocycles.